The van der Waals surface area contributed by atoms with E-state index in [0.717, 1.165) is 13.1 Å². The van der Waals surface area contributed by atoms with Crippen LogP contribution in [0.5, 0.6) is 0 Å². The quantitative estimate of drug-likeness (QED) is 0.247. The number of hydrogen-bond acceptors (Lipinski definition) is 1. The Balaban J connectivity index is 0. The molecule has 0 aromatic heterocycles. The van der Waals surface area contributed by atoms with E-state index in [1.165, 1.54) is 89.9 Å². The van der Waals surface area contributed by atoms with Crippen molar-refractivity contribution in [2.24, 2.45) is 0 Å². The molecule has 1 unspecified atom stereocenters. The van der Waals surface area contributed by atoms with Crippen molar-refractivity contribution in [3.05, 3.63) is 0 Å². The molecule has 136 valence electrons. The van der Waals surface area contributed by atoms with Crippen LogP contribution in [0.2, 0.25) is 0 Å². The lowest BCUT2D eigenvalue weighted by Crippen LogP contribution is -3.00. The molecule has 22 heavy (non-hydrogen) atoms. The van der Waals surface area contributed by atoms with Gasteiger partial charge in [0.2, 0.25) is 0 Å². The third-order valence-corrected chi connectivity index (χ3v) is 4.67. The number of quaternary nitrogens is 1. The minimum atomic E-state index is 0. The van der Waals surface area contributed by atoms with Crippen molar-refractivity contribution in [3.63, 3.8) is 0 Å². The van der Waals surface area contributed by atoms with Crippen molar-refractivity contribution in [2.45, 2.75) is 104 Å². The smallest absolute Gasteiger partial charge is 0.108 e. The third kappa shape index (κ3) is 18.4. The molecule has 0 amide bonds. The summed E-state index contributed by atoms with van der Waals surface area (Å²) < 4.78 is 0.193. The van der Waals surface area contributed by atoms with Gasteiger partial charge in [0.25, 0.3) is 0 Å². The number of hydrogen-bond donors (Lipinski definition) is 1. The van der Waals surface area contributed by atoms with Crippen LogP contribution in [0, 0.1) is 0 Å². The van der Waals surface area contributed by atoms with E-state index in [9.17, 15) is 5.21 Å². The predicted octanol–water partition coefficient (Wildman–Crippen LogP) is 3.33. The van der Waals surface area contributed by atoms with Crippen LogP contribution in [0.25, 0.3) is 0 Å². The molecule has 2 nitrogen and oxygen atoms in total. The maximum atomic E-state index is 9.85. The van der Waals surface area contributed by atoms with E-state index in [1.54, 1.807) is 0 Å². The Hall–Kier alpha value is 0.400. The first-order valence-corrected chi connectivity index (χ1v) is 9.69. The molecule has 0 saturated carbocycles. The van der Waals surface area contributed by atoms with Crippen LogP contribution >= 0.6 is 0 Å². The lowest BCUT2D eigenvalue weighted by Gasteiger charge is -2.23. The molecule has 0 bridgehead atoms. The van der Waals surface area contributed by atoms with E-state index in [4.69, 9.17) is 0 Å². The van der Waals surface area contributed by atoms with Crippen molar-refractivity contribution in [1.29, 1.82) is 0 Å². The second-order valence-corrected chi connectivity index (χ2v) is 6.97. The highest BCUT2D eigenvalue weighted by atomic mass is 79.9. The van der Waals surface area contributed by atoms with Crippen LogP contribution in [0.4, 0.5) is 0 Å². The predicted molar refractivity (Wildman–Crippen MR) is 93.7 cm³/mol. The molecule has 0 saturated heterocycles. The molecule has 0 rings (SSSR count). The second kappa shape index (κ2) is 17.7. The molecular formula is C19H42BrNO. The van der Waals surface area contributed by atoms with Gasteiger partial charge in [-0.25, -0.2) is 5.21 Å². The lowest BCUT2D eigenvalue weighted by atomic mass is 10.0. The van der Waals surface area contributed by atoms with Crippen LogP contribution in [0.15, 0.2) is 0 Å². The molecule has 0 fully saturated rings. The average molecular weight is 380 g/mol. The fourth-order valence-electron chi connectivity index (χ4n) is 2.81. The summed E-state index contributed by atoms with van der Waals surface area (Å²) in [5, 5.41) is 9.85. The molecule has 0 radical (unpaired) electrons. The topological polar surface area (TPSA) is 20.2 Å². The third-order valence-electron chi connectivity index (χ3n) is 4.67. The zero-order valence-electron chi connectivity index (χ0n) is 15.6. The fraction of sp³-hybridized carbons (Fsp3) is 1.00. The minimum absolute atomic E-state index is 0. The number of halogens is 1. The van der Waals surface area contributed by atoms with Gasteiger partial charge < -0.3 is 17.0 Å². The Morgan fingerprint density at radius 1 is 0.591 bits per heavy atom. The van der Waals surface area contributed by atoms with E-state index in [1.807, 2.05) is 14.0 Å². The standard InChI is InChI=1S/C19H42NO.BrH/c1-4-6-7-8-9-10-11-12-13-14-15-16-17-18-19-20(3,21)5-2;/h21H,4-19H2,1-3H3;1H/q+1;/p-1. The van der Waals surface area contributed by atoms with Crippen LogP contribution in [0.3, 0.4) is 0 Å². The molecule has 0 aromatic carbocycles. The molecule has 1 atom stereocenters. The van der Waals surface area contributed by atoms with Gasteiger partial charge in [-0.1, -0.05) is 84.0 Å². The molecule has 0 spiro atoms. The maximum absolute atomic E-state index is 9.85. The number of nitrogens with zero attached hydrogens (tertiary/aromatic N) is 1. The first kappa shape index (κ1) is 24.6. The summed E-state index contributed by atoms with van der Waals surface area (Å²) in [6.07, 6.45) is 19.5. The normalized spacial score (nSPS) is 13.6. The summed E-state index contributed by atoms with van der Waals surface area (Å²) >= 11 is 0. The summed E-state index contributed by atoms with van der Waals surface area (Å²) in [6, 6.07) is 0. The van der Waals surface area contributed by atoms with E-state index in [0.29, 0.717) is 0 Å². The van der Waals surface area contributed by atoms with Gasteiger partial charge in [0.15, 0.2) is 0 Å². The SMILES string of the molecule is CCCCCCCCCCCCCCCC[N+](C)(O)CC.[Br-]. The Morgan fingerprint density at radius 2 is 0.909 bits per heavy atom. The summed E-state index contributed by atoms with van der Waals surface area (Å²) in [5.74, 6) is 0. The highest BCUT2D eigenvalue weighted by Crippen LogP contribution is 2.13. The lowest BCUT2D eigenvalue weighted by molar-refractivity contribution is -1.09. The molecule has 3 heteroatoms. The summed E-state index contributed by atoms with van der Waals surface area (Å²) in [4.78, 5) is 0. The van der Waals surface area contributed by atoms with E-state index in [2.05, 4.69) is 6.92 Å². The monoisotopic (exact) mass is 379 g/mol. The molecule has 0 heterocycles. The van der Waals surface area contributed by atoms with Crippen LogP contribution < -0.4 is 17.0 Å². The molecule has 0 aliphatic heterocycles. The van der Waals surface area contributed by atoms with Gasteiger partial charge in [-0.05, 0) is 19.8 Å². The zero-order valence-corrected chi connectivity index (χ0v) is 17.2. The minimum Gasteiger partial charge on any atom is -1.00 e. The second-order valence-electron chi connectivity index (χ2n) is 6.97. The van der Waals surface area contributed by atoms with Gasteiger partial charge in [-0.15, -0.1) is 0 Å². The highest BCUT2D eigenvalue weighted by Gasteiger charge is 2.13. The molecule has 0 aliphatic rings. The van der Waals surface area contributed by atoms with Gasteiger partial charge in [-0.3, -0.25) is 0 Å². The number of hydroxylamine groups is 3. The maximum Gasteiger partial charge on any atom is 0.108 e. The Bertz CT molecular complexity index is 210. The van der Waals surface area contributed by atoms with Crippen LogP contribution in [0.1, 0.15) is 104 Å². The average Bonchev–Trinajstić information content (AvgIpc) is 2.47. The summed E-state index contributed by atoms with van der Waals surface area (Å²) in [5.41, 5.74) is 0. The van der Waals surface area contributed by atoms with Crippen LogP contribution in [-0.4, -0.2) is 30.0 Å². The Kier molecular flexibility index (Phi) is 19.9. The van der Waals surface area contributed by atoms with Gasteiger partial charge in [0.1, 0.15) is 13.1 Å². The van der Waals surface area contributed by atoms with Gasteiger partial charge in [0.05, 0.1) is 7.05 Å². The van der Waals surface area contributed by atoms with Crippen molar-refractivity contribution < 1.29 is 26.8 Å². The molecule has 0 aliphatic carbocycles. The van der Waals surface area contributed by atoms with E-state index >= 15 is 0 Å². The van der Waals surface area contributed by atoms with Gasteiger partial charge in [-0.2, -0.15) is 4.65 Å². The van der Waals surface area contributed by atoms with Crippen molar-refractivity contribution in [2.75, 3.05) is 20.1 Å². The largest absolute Gasteiger partial charge is 1.00 e. The molecule has 1 N–H and O–H groups in total. The van der Waals surface area contributed by atoms with Crippen molar-refractivity contribution in [1.82, 2.24) is 0 Å². The highest BCUT2D eigenvalue weighted by molar-refractivity contribution is 4.49. The van der Waals surface area contributed by atoms with Gasteiger partial charge in [0, 0.05) is 0 Å². The van der Waals surface area contributed by atoms with E-state index < -0.39 is 0 Å². The Labute approximate surface area is 151 Å². The van der Waals surface area contributed by atoms with Crippen molar-refractivity contribution >= 4 is 0 Å². The molecular weight excluding hydrogens is 338 g/mol. The number of rotatable bonds is 16. The van der Waals surface area contributed by atoms with Crippen molar-refractivity contribution in [3.8, 4) is 0 Å². The number of unbranched alkanes of at least 4 members (excludes halogenated alkanes) is 13. The molecule has 0 aromatic rings. The fourth-order valence-corrected chi connectivity index (χ4v) is 2.81. The zero-order chi connectivity index (χ0) is 15.8. The van der Waals surface area contributed by atoms with E-state index in [-0.39, 0.29) is 21.6 Å². The first-order valence-electron chi connectivity index (χ1n) is 9.69. The Morgan fingerprint density at radius 3 is 1.23 bits per heavy atom. The summed E-state index contributed by atoms with van der Waals surface area (Å²) in [7, 11) is 1.91. The summed E-state index contributed by atoms with van der Waals surface area (Å²) in [6.45, 7) is 6.06. The van der Waals surface area contributed by atoms with Crippen LogP contribution in [-0.2, 0) is 0 Å². The first-order chi connectivity index (χ1) is 10.1. The van der Waals surface area contributed by atoms with Gasteiger partial charge >= 0.3 is 0 Å².